The minimum absolute atomic E-state index is 0.484. The molecule has 2 aromatic heterocycles. The van der Waals surface area contributed by atoms with Crippen molar-refractivity contribution in [3.63, 3.8) is 0 Å². The molecule has 5 aromatic rings. The number of rotatable bonds is 2. The molecule has 5 rings (SSSR count). The topological polar surface area (TPSA) is 22.8 Å². The van der Waals surface area contributed by atoms with Crippen molar-refractivity contribution in [3.8, 4) is 21.4 Å². The molecular formula is C32H27AuCl3N3. The van der Waals surface area contributed by atoms with Gasteiger partial charge in [0.25, 0.3) is 0 Å². The second kappa shape index (κ2) is 11.1. The Bertz CT molecular complexity index is 1790. The van der Waals surface area contributed by atoms with E-state index < -0.39 is 19.3 Å². The van der Waals surface area contributed by atoms with Crippen LogP contribution in [0.4, 0.5) is 0 Å². The van der Waals surface area contributed by atoms with Gasteiger partial charge >= 0.3 is 255 Å². The van der Waals surface area contributed by atoms with E-state index in [9.17, 15) is 0 Å². The third-order valence-corrected chi connectivity index (χ3v) is 9.73. The summed E-state index contributed by atoms with van der Waals surface area (Å²) in [4.78, 5) is 4.55. The summed E-state index contributed by atoms with van der Waals surface area (Å²) in [6, 6.07) is 16.4. The van der Waals surface area contributed by atoms with E-state index in [1.807, 2.05) is 24.3 Å². The molecule has 0 aliphatic rings. The Labute approximate surface area is 253 Å². The molecule has 0 N–H and O–H groups in total. The molecule has 2 heterocycles. The second-order valence-corrected chi connectivity index (χ2v) is 12.9. The number of aryl methyl sites for hydroxylation is 6. The van der Waals surface area contributed by atoms with Crippen LogP contribution in [0.3, 0.4) is 0 Å². The van der Waals surface area contributed by atoms with E-state index in [0.29, 0.717) is 15.3 Å². The Morgan fingerprint density at radius 2 is 1.23 bits per heavy atom. The zero-order chi connectivity index (χ0) is 28.0. The summed E-state index contributed by atoms with van der Waals surface area (Å²) in [7, 11) is 0. The van der Waals surface area contributed by atoms with Crippen molar-refractivity contribution >= 4 is 45.7 Å². The minimum atomic E-state index is -0.736. The Morgan fingerprint density at radius 3 is 1.74 bits per heavy atom. The van der Waals surface area contributed by atoms with Crippen molar-refractivity contribution < 1.29 is 19.3 Å². The van der Waals surface area contributed by atoms with Crippen LogP contribution in [-0.2, 0) is 19.3 Å². The van der Waals surface area contributed by atoms with E-state index >= 15 is 0 Å². The molecule has 7 heteroatoms. The zero-order valence-corrected chi connectivity index (χ0v) is 26.9. The molecule has 0 unspecified atom stereocenters. The molecule has 0 atom stereocenters. The molecule has 39 heavy (non-hydrogen) atoms. The van der Waals surface area contributed by atoms with Crippen LogP contribution in [0.25, 0.3) is 22.3 Å². The van der Waals surface area contributed by atoms with Gasteiger partial charge in [-0.15, -0.1) is 0 Å². The first-order chi connectivity index (χ1) is 18.6. The van der Waals surface area contributed by atoms with Gasteiger partial charge < -0.3 is 0 Å². The normalized spacial score (nSPS) is 11.2. The molecule has 0 aliphatic heterocycles. The summed E-state index contributed by atoms with van der Waals surface area (Å²) in [5.74, 6) is 3.39. The second-order valence-electron chi connectivity index (χ2n) is 9.75. The van der Waals surface area contributed by atoms with Gasteiger partial charge in [-0.1, -0.05) is 0 Å². The summed E-state index contributed by atoms with van der Waals surface area (Å²) in [6.45, 7) is 12.7. The summed E-state index contributed by atoms with van der Waals surface area (Å²) in [5, 5.41) is 2.53. The Morgan fingerprint density at radius 1 is 0.718 bits per heavy atom. The molecule has 0 saturated heterocycles. The van der Waals surface area contributed by atoms with Crippen molar-refractivity contribution in [2.45, 2.75) is 41.5 Å². The van der Waals surface area contributed by atoms with Gasteiger partial charge in [0.15, 0.2) is 0 Å². The van der Waals surface area contributed by atoms with Crippen LogP contribution in [0.2, 0.25) is 15.3 Å². The fraction of sp³-hybridized carbons (Fsp3) is 0.188. The fourth-order valence-electron chi connectivity index (χ4n) is 5.24. The van der Waals surface area contributed by atoms with E-state index in [1.54, 1.807) is 6.20 Å². The number of halogens is 3. The van der Waals surface area contributed by atoms with Crippen LogP contribution >= 0.6 is 34.8 Å². The third-order valence-electron chi connectivity index (χ3n) is 6.61. The number of benzene rings is 3. The summed E-state index contributed by atoms with van der Waals surface area (Å²) in [6.07, 6.45) is 1.77. The first-order valence-electron chi connectivity index (χ1n) is 12.4. The van der Waals surface area contributed by atoms with Crippen molar-refractivity contribution in [2.75, 3.05) is 0 Å². The average Bonchev–Trinajstić information content (AvgIpc) is 3.09. The van der Waals surface area contributed by atoms with E-state index in [0.717, 1.165) is 53.7 Å². The molecular weight excluding hydrogens is 730 g/mol. The standard InChI is InChI=1S/C21H22Cl2N2.C11H5ClN.Au/c1-12-7-14(3)18(15(4)8-12)24-11-25(21(23)20(24)22)19-16(5)9-13(2)10-17(19)6;1-2-8-5-6-10(12)9-4-3-7-13-11(8)9;/h7-10H,1-6H3;3-7H;. The number of hydrogen-bond donors (Lipinski definition) is 0. The molecule has 0 fully saturated rings. The van der Waals surface area contributed by atoms with E-state index in [1.165, 1.54) is 11.1 Å². The van der Waals surface area contributed by atoms with E-state index in [-0.39, 0.29) is 0 Å². The number of nitrogens with zero attached hydrogens (tertiary/aromatic N) is 3. The van der Waals surface area contributed by atoms with Gasteiger partial charge in [-0.05, 0) is 0 Å². The first kappa shape index (κ1) is 28.0. The number of aromatic nitrogens is 3. The van der Waals surface area contributed by atoms with Crippen molar-refractivity contribution in [2.24, 2.45) is 0 Å². The molecule has 0 spiro atoms. The van der Waals surface area contributed by atoms with Crippen LogP contribution in [-0.4, -0.2) is 14.1 Å². The first-order valence-corrected chi connectivity index (χ1v) is 15.7. The molecule has 3 nitrogen and oxygen atoms in total. The Balaban J connectivity index is 1.86. The molecule has 0 bridgehead atoms. The number of imidazole rings is 1. The third kappa shape index (κ3) is 5.19. The summed E-state index contributed by atoms with van der Waals surface area (Å²) < 4.78 is 8.67. The van der Waals surface area contributed by atoms with Gasteiger partial charge in [-0.25, -0.2) is 0 Å². The average molecular weight is 757 g/mol. The molecule has 202 valence electrons. The zero-order valence-electron chi connectivity index (χ0n) is 22.5. The van der Waals surface area contributed by atoms with Crippen molar-refractivity contribution in [1.29, 1.82) is 0 Å². The Hall–Kier alpha value is -2.55. The van der Waals surface area contributed by atoms with Gasteiger partial charge in [0.05, 0.1) is 0 Å². The molecule has 0 aliphatic carbocycles. The van der Waals surface area contributed by atoms with Gasteiger partial charge in [0.2, 0.25) is 0 Å². The van der Waals surface area contributed by atoms with E-state index in [2.05, 4.69) is 90.0 Å². The van der Waals surface area contributed by atoms with Gasteiger partial charge in [-0.3, -0.25) is 0 Å². The van der Waals surface area contributed by atoms with Gasteiger partial charge in [0, 0.05) is 0 Å². The maximum atomic E-state index is 7.07. The maximum absolute atomic E-state index is 7.07. The molecule has 0 saturated carbocycles. The van der Waals surface area contributed by atoms with Crippen LogP contribution in [0.1, 0.15) is 38.9 Å². The van der Waals surface area contributed by atoms with Crippen LogP contribution in [0, 0.1) is 55.2 Å². The predicted molar refractivity (Wildman–Crippen MR) is 160 cm³/mol. The van der Waals surface area contributed by atoms with Crippen LogP contribution in [0.5, 0.6) is 0 Å². The molecule has 0 radical (unpaired) electrons. The van der Waals surface area contributed by atoms with Crippen LogP contribution in [0.15, 0.2) is 54.7 Å². The molecule has 3 aromatic carbocycles. The fourth-order valence-corrected chi connectivity index (χ4v) is 8.35. The number of hydrogen-bond acceptors (Lipinski definition) is 1. The Kier molecular flexibility index (Phi) is 8.00. The quantitative estimate of drug-likeness (QED) is 0.130. The van der Waals surface area contributed by atoms with Crippen molar-refractivity contribution in [1.82, 2.24) is 14.1 Å². The number of pyridine rings is 1. The van der Waals surface area contributed by atoms with Crippen LogP contribution < -0.4 is 0 Å². The van der Waals surface area contributed by atoms with Crippen molar-refractivity contribution in [3.05, 3.63) is 113 Å². The summed E-state index contributed by atoms with van der Waals surface area (Å²) in [5.41, 5.74) is 10.7. The molecule has 0 amide bonds. The van der Waals surface area contributed by atoms with Gasteiger partial charge in [-0.2, -0.15) is 0 Å². The SMILES string of the molecule is Cc1cc(C)c(-n2c(Cl)c(Cl)n(-c3c(C)cc(C)cc3C)[c]2=[Au][C]#Cc2ccc(Cl)c3cccnc23)c(C)c1. The van der Waals surface area contributed by atoms with E-state index in [4.69, 9.17) is 34.8 Å². The summed E-state index contributed by atoms with van der Waals surface area (Å²) >= 11 is 19.8. The number of fused-ring (bicyclic) bond motifs is 1. The monoisotopic (exact) mass is 755 g/mol. The van der Waals surface area contributed by atoms with Gasteiger partial charge in [0.1, 0.15) is 0 Å². The predicted octanol–water partition coefficient (Wildman–Crippen LogP) is 9.25.